The normalized spacial score (nSPS) is 11.2. The minimum absolute atomic E-state index is 0.0586. The van der Waals surface area contributed by atoms with E-state index in [1.54, 1.807) is 42.5 Å². The van der Waals surface area contributed by atoms with E-state index < -0.39 is 15.8 Å². The maximum atomic E-state index is 12.3. The van der Waals surface area contributed by atoms with Crippen LogP contribution < -0.4 is 0 Å². The summed E-state index contributed by atoms with van der Waals surface area (Å²) < 4.78 is 24.5. The molecule has 0 saturated carbocycles. The first-order valence-corrected chi connectivity index (χ1v) is 9.69. The third-order valence-electron chi connectivity index (χ3n) is 3.25. The summed E-state index contributed by atoms with van der Waals surface area (Å²) in [6.07, 6.45) is -0.0586. The van der Waals surface area contributed by atoms with E-state index in [1.165, 1.54) is 13.0 Å². The molecule has 2 aromatic carbocycles. The monoisotopic (exact) mass is 364 g/mol. The number of carbonyl (C=O) groups excluding carboxylic acids is 1. The Bertz CT molecular complexity index is 855. The molecule has 1 N–H and O–H groups in total. The Labute approximate surface area is 144 Å². The van der Waals surface area contributed by atoms with Gasteiger partial charge in [0.2, 0.25) is 0 Å². The van der Waals surface area contributed by atoms with Gasteiger partial charge in [-0.1, -0.05) is 48.2 Å². The summed E-state index contributed by atoms with van der Waals surface area (Å²) in [7, 11) is -3.55. The van der Waals surface area contributed by atoms with E-state index in [9.17, 15) is 18.0 Å². The van der Waals surface area contributed by atoms with Gasteiger partial charge >= 0.3 is 5.97 Å². The van der Waals surface area contributed by atoms with Crippen molar-refractivity contribution in [1.82, 2.24) is 0 Å². The fourth-order valence-electron chi connectivity index (χ4n) is 2.09. The molecule has 0 aromatic heterocycles. The highest BCUT2D eigenvalue weighted by Crippen LogP contribution is 2.25. The number of carboxylic acid groups (broad SMARTS) is 1. The summed E-state index contributed by atoms with van der Waals surface area (Å²) in [5.74, 6) is -0.904. The van der Waals surface area contributed by atoms with Gasteiger partial charge in [-0.25, -0.2) is 8.42 Å². The van der Waals surface area contributed by atoms with Gasteiger partial charge in [0.15, 0.2) is 15.0 Å². The molecule has 2 rings (SSSR count). The van der Waals surface area contributed by atoms with Gasteiger partial charge in [0.1, 0.15) is 5.08 Å². The van der Waals surface area contributed by atoms with E-state index in [4.69, 9.17) is 5.11 Å². The van der Waals surface area contributed by atoms with Crippen molar-refractivity contribution in [3.05, 3.63) is 54.1 Å². The van der Waals surface area contributed by atoms with Gasteiger partial charge in [0, 0.05) is 6.92 Å². The number of aliphatic carboxylic acids is 1. The van der Waals surface area contributed by atoms with Crippen LogP contribution >= 0.6 is 11.8 Å². The van der Waals surface area contributed by atoms with Gasteiger partial charge in [-0.15, -0.1) is 0 Å². The Morgan fingerprint density at radius 1 is 1.04 bits per heavy atom. The van der Waals surface area contributed by atoms with Gasteiger partial charge in [0.25, 0.3) is 0 Å². The standard InChI is InChI=1S/C17H16O5S2/c1-12(18)23-11-24(21,22)16-4-2-3-15(10-16)14-7-5-13(6-8-14)9-17(19)20/h2-8,10H,9,11H2,1H3,(H,19,20). The Morgan fingerprint density at radius 2 is 1.71 bits per heavy atom. The quantitative estimate of drug-likeness (QED) is 0.848. The highest BCUT2D eigenvalue weighted by Gasteiger charge is 2.16. The van der Waals surface area contributed by atoms with Crippen LogP contribution in [0.5, 0.6) is 0 Å². The largest absolute Gasteiger partial charge is 0.481 e. The van der Waals surface area contributed by atoms with Gasteiger partial charge in [-0.05, 0) is 28.8 Å². The van der Waals surface area contributed by atoms with Crippen molar-refractivity contribution in [3.8, 4) is 11.1 Å². The Kier molecular flexibility index (Phi) is 5.80. The molecule has 5 nitrogen and oxygen atoms in total. The molecule has 0 heterocycles. The molecule has 0 aliphatic carbocycles. The molecule has 0 atom stereocenters. The average Bonchev–Trinajstić information content (AvgIpc) is 2.53. The van der Waals surface area contributed by atoms with Gasteiger partial charge in [-0.2, -0.15) is 0 Å². The summed E-state index contributed by atoms with van der Waals surface area (Å²) in [5.41, 5.74) is 2.18. The summed E-state index contributed by atoms with van der Waals surface area (Å²) in [5, 5.41) is 8.24. The molecule has 0 amide bonds. The number of hydrogen-bond acceptors (Lipinski definition) is 5. The van der Waals surface area contributed by atoms with Crippen molar-refractivity contribution in [1.29, 1.82) is 0 Å². The topological polar surface area (TPSA) is 88.5 Å². The lowest BCUT2D eigenvalue weighted by molar-refractivity contribution is -0.136. The molecule has 0 spiro atoms. The Balaban J connectivity index is 2.27. The molecule has 126 valence electrons. The number of sulfone groups is 1. The van der Waals surface area contributed by atoms with E-state index in [1.807, 2.05) is 0 Å². The molecule has 7 heteroatoms. The predicted octanol–water partition coefficient (Wildman–Crippen LogP) is 2.99. The summed E-state index contributed by atoms with van der Waals surface area (Å²) in [6.45, 7) is 1.33. The van der Waals surface area contributed by atoms with E-state index in [0.717, 1.165) is 17.3 Å². The van der Waals surface area contributed by atoms with E-state index in [0.29, 0.717) is 11.1 Å². The SMILES string of the molecule is CC(=O)SCS(=O)(=O)c1cccc(-c2ccc(CC(=O)O)cc2)c1. The molecule has 24 heavy (non-hydrogen) atoms. The lowest BCUT2D eigenvalue weighted by atomic mass is 10.0. The third kappa shape index (κ3) is 4.94. The maximum Gasteiger partial charge on any atom is 0.307 e. The van der Waals surface area contributed by atoms with Crippen molar-refractivity contribution in [3.63, 3.8) is 0 Å². The molecule has 0 unspecified atom stereocenters. The van der Waals surface area contributed by atoms with Crippen molar-refractivity contribution in [2.24, 2.45) is 0 Å². The van der Waals surface area contributed by atoms with E-state index in [2.05, 4.69) is 0 Å². The predicted molar refractivity (Wildman–Crippen MR) is 93.5 cm³/mol. The number of hydrogen-bond donors (Lipinski definition) is 1. The van der Waals surface area contributed by atoms with Gasteiger partial charge in [0.05, 0.1) is 11.3 Å². The first kappa shape index (κ1) is 18.2. The van der Waals surface area contributed by atoms with Crippen molar-refractivity contribution in [2.45, 2.75) is 18.2 Å². The molecule has 0 fully saturated rings. The minimum Gasteiger partial charge on any atom is -0.481 e. The van der Waals surface area contributed by atoms with Crippen molar-refractivity contribution < 1.29 is 23.1 Å². The lowest BCUT2D eigenvalue weighted by Gasteiger charge is -2.07. The van der Waals surface area contributed by atoms with Crippen LogP contribution in [0.4, 0.5) is 0 Å². The van der Waals surface area contributed by atoms with Crippen LogP contribution in [0, 0.1) is 0 Å². The van der Waals surface area contributed by atoms with Crippen molar-refractivity contribution in [2.75, 3.05) is 5.08 Å². The number of carboxylic acids is 1. The lowest BCUT2D eigenvalue weighted by Crippen LogP contribution is -2.05. The first-order valence-electron chi connectivity index (χ1n) is 7.05. The first-order chi connectivity index (χ1) is 11.3. The zero-order chi connectivity index (χ0) is 17.7. The van der Waals surface area contributed by atoms with Crippen LogP contribution in [0.3, 0.4) is 0 Å². The molecule has 2 aromatic rings. The van der Waals surface area contributed by atoms with Crippen LogP contribution in [-0.4, -0.2) is 29.7 Å². The average molecular weight is 364 g/mol. The fourth-order valence-corrected chi connectivity index (χ4v) is 4.51. The molecule has 0 saturated heterocycles. The third-order valence-corrected chi connectivity index (χ3v) is 6.34. The van der Waals surface area contributed by atoms with Gasteiger partial charge in [-0.3, -0.25) is 9.59 Å². The smallest absolute Gasteiger partial charge is 0.307 e. The van der Waals surface area contributed by atoms with Crippen LogP contribution in [0.1, 0.15) is 12.5 Å². The highest BCUT2D eigenvalue weighted by atomic mass is 32.3. The van der Waals surface area contributed by atoms with Crippen LogP contribution in [0.25, 0.3) is 11.1 Å². The Morgan fingerprint density at radius 3 is 2.29 bits per heavy atom. The molecule has 0 bridgehead atoms. The summed E-state index contributed by atoms with van der Waals surface area (Å²) >= 11 is 0.760. The molecule has 0 aliphatic heterocycles. The molecular weight excluding hydrogens is 348 g/mol. The van der Waals surface area contributed by atoms with Crippen molar-refractivity contribution >= 4 is 32.7 Å². The highest BCUT2D eigenvalue weighted by molar-refractivity contribution is 8.21. The van der Waals surface area contributed by atoms with Gasteiger partial charge < -0.3 is 5.11 Å². The second-order valence-electron chi connectivity index (χ2n) is 5.16. The van der Waals surface area contributed by atoms with E-state index in [-0.39, 0.29) is 21.5 Å². The Hall–Kier alpha value is -2.12. The number of carbonyl (C=O) groups is 2. The fraction of sp³-hybridized carbons (Fsp3) is 0.176. The summed E-state index contributed by atoms with van der Waals surface area (Å²) in [6, 6.07) is 13.4. The van der Waals surface area contributed by atoms with Crippen LogP contribution in [0.2, 0.25) is 0 Å². The summed E-state index contributed by atoms with van der Waals surface area (Å²) in [4.78, 5) is 21.8. The molecule has 0 radical (unpaired) electrons. The number of thioether (sulfide) groups is 1. The van der Waals surface area contributed by atoms with Crippen LogP contribution in [0.15, 0.2) is 53.4 Å². The number of rotatable bonds is 6. The molecule has 0 aliphatic rings. The zero-order valence-corrected chi connectivity index (χ0v) is 14.6. The molecular formula is C17H16O5S2. The zero-order valence-electron chi connectivity index (χ0n) is 12.9. The second kappa shape index (κ2) is 7.63. The second-order valence-corrected chi connectivity index (χ2v) is 8.67. The van der Waals surface area contributed by atoms with Crippen LogP contribution in [-0.2, 0) is 25.8 Å². The number of benzene rings is 2. The van der Waals surface area contributed by atoms with E-state index >= 15 is 0 Å². The minimum atomic E-state index is -3.55. The maximum absolute atomic E-state index is 12.3.